The van der Waals surface area contributed by atoms with Gasteiger partial charge >= 0.3 is 0 Å². The normalized spacial score (nSPS) is 15.1. The molecule has 0 spiro atoms. The lowest BCUT2D eigenvalue weighted by atomic mass is 10.2. The van der Waals surface area contributed by atoms with E-state index in [-0.39, 0.29) is 11.1 Å². The van der Waals surface area contributed by atoms with Crippen LogP contribution < -0.4 is 9.64 Å². The Hall–Kier alpha value is -2.54. The number of halogens is 2. The average Bonchev–Trinajstić information content (AvgIpc) is 3.02. The van der Waals surface area contributed by atoms with E-state index in [0.29, 0.717) is 28.0 Å². The number of benzene rings is 3. The van der Waals surface area contributed by atoms with Gasteiger partial charge in [-0.25, -0.2) is 4.90 Å². The lowest BCUT2D eigenvalue weighted by Crippen LogP contribution is -2.27. The highest BCUT2D eigenvalue weighted by Gasteiger charge is 2.36. The van der Waals surface area contributed by atoms with Crippen molar-refractivity contribution in [3.05, 3.63) is 98.3 Å². The van der Waals surface area contributed by atoms with Gasteiger partial charge in [-0.1, -0.05) is 48.0 Å². The molecule has 4 rings (SSSR count). The third kappa shape index (κ3) is 4.61. The predicted octanol–water partition coefficient (Wildman–Crippen LogP) is 6.92. The Morgan fingerprint density at radius 1 is 1.00 bits per heavy atom. The monoisotopic (exact) mass is 499 g/mol. The number of nitrogens with zero attached hydrogens (tertiary/aromatic N) is 1. The quantitative estimate of drug-likeness (QED) is 0.357. The Bertz CT molecular complexity index is 1130. The molecule has 0 N–H and O–H groups in total. The molecule has 0 atom stereocenters. The molecule has 0 aromatic heterocycles. The van der Waals surface area contributed by atoms with Gasteiger partial charge in [-0.05, 0) is 81.3 Å². The van der Waals surface area contributed by atoms with Gasteiger partial charge < -0.3 is 4.74 Å². The molecule has 0 unspecified atom stereocenters. The molecule has 1 heterocycles. The van der Waals surface area contributed by atoms with Crippen molar-refractivity contribution in [2.45, 2.75) is 6.61 Å². The van der Waals surface area contributed by atoms with Gasteiger partial charge in [0.15, 0.2) is 0 Å². The third-order valence-electron chi connectivity index (χ3n) is 4.37. The minimum Gasteiger partial charge on any atom is -0.488 e. The summed E-state index contributed by atoms with van der Waals surface area (Å²) in [4.78, 5) is 26.6. The Labute approximate surface area is 191 Å². The summed E-state index contributed by atoms with van der Waals surface area (Å²) >= 11 is 10.3. The first-order chi connectivity index (χ1) is 14.5. The number of hydrogen-bond donors (Lipinski definition) is 0. The molecular formula is C23H15BrClNO3S. The molecule has 3 aromatic carbocycles. The maximum Gasteiger partial charge on any atom is 0.298 e. The molecule has 0 bridgehead atoms. The van der Waals surface area contributed by atoms with Crippen LogP contribution in [0.15, 0.2) is 82.2 Å². The Kier molecular flexibility index (Phi) is 6.27. The van der Waals surface area contributed by atoms with Gasteiger partial charge in [0.2, 0.25) is 0 Å². The second-order valence-electron chi connectivity index (χ2n) is 6.46. The van der Waals surface area contributed by atoms with Gasteiger partial charge in [0.25, 0.3) is 11.1 Å². The van der Waals surface area contributed by atoms with Crippen molar-refractivity contribution in [1.82, 2.24) is 0 Å². The maximum absolute atomic E-state index is 12.7. The van der Waals surface area contributed by atoms with E-state index in [1.165, 1.54) is 4.90 Å². The van der Waals surface area contributed by atoms with Crippen molar-refractivity contribution in [3.8, 4) is 5.75 Å². The van der Waals surface area contributed by atoms with Crippen molar-refractivity contribution in [2.24, 2.45) is 0 Å². The predicted molar refractivity (Wildman–Crippen MR) is 125 cm³/mol. The fourth-order valence-electron chi connectivity index (χ4n) is 2.88. The molecule has 30 heavy (non-hydrogen) atoms. The molecule has 1 fully saturated rings. The summed E-state index contributed by atoms with van der Waals surface area (Å²) in [7, 11) is 0. The zero-order valence-electron chi connectivity index (χ0n) is 15.5. The van der Waals surface area contributed by atoms with Crippen LogP contribution in [0.1, 0.15) is 11.1 Å². The van der Waals surface area contributed by atoms with Crippen molar-refractivity contribution < 1.29 is 14.3 Å². The van der Waals surface area contributed by atoms with Crippen molar-refractivity contribution in [3.63, 3.8) is 0 Å². The van der Waals surface area contributed by atoms with Gasteiger partial charge in [-0.3, -0.25) is 9.59 Å². The number of carbonyl (C=O) groups excluding carboxylic acids is 2. The van der Waals surface area contributed by atoms with Gasteiger partial charge in [0.05, 0.1) is 15.1 Å². The molecule has 3 aromatic rings. The number of ether oxygens (including phenoxy) is 1. The maximum atomic E-state index is 12.7. The molecule has 2 amide bonds. The van der Waals surface area contributed by atoms with E-state index in [2.05, 4.69) is 15.9 Å². The molecule has 1 aliphatic rings. The van der Waals surface area contributed by atoms with Crippen LogP contribution in [0.2, 0.25) is 5.02 Å². The van der Waals surface area contributed by atoms with Crippen LogP contribution in [-0.2, 0) is 11.4 Å². The third-order valence-corrected chi connectivity index (χ3v) is 6.11. The van der Waals surface area contributed by atoms with E-state index in [1.54, 1.807) is 30.3 Å². The number of rotatable bonds is 5. The summed E-state index contributed by atoms with van der Waals surface area (Å²) in [5, 5.41) is 0.375. The molecule has 7 heteroatoms. The number of imide groups is 1. The summed E-state index contributed by atoms with van der Waals surface area (Å²) in [6.45, 7) is 0.408. The lowest BCUT2D eigenvalue weighted by Gasteiger charge is -2.11. The average molecular weight is 501 g/mol. The Morgan fingerprint density at radius 3 is 2.43 bits per heavy atom. The van der Waals surface area contributed by atoms with E-state index >= 15 is 0 Å². The lowest BCUT2D eigenvalue weighted by molar-refractivity contribution is -0.113. The molecule has 0 saturated carbocycles. The van der Waals surface area contributed by atoms with Gasteiger partial charge in [-0.2, -0.15) is 0 Å². The first kappa shape index (κ1) is 20.7. The highest BCUT2D eigenvalue weighted by Crippen LogP contribution is 2.36. The highest BCUT2D eigenvalue weighted by molar-refractivity contribution is 9.10. The Balaban J connectivity index is 1.49. The van der Waals surface area contributed by atoms with Gasteiger partial charge in [0, 0.05) is 5.02 Å². The van der Waals surface area contributed by atoms with Crippen LogP contribution in [0.4, 0.5) is 10.5 Å². The highest BCUT2D eigenvalue weighted by atomic mass is 79.9. The first-order valence-electron chi connectivity index (χ1n) is 9.01. The largest absolute Gasteiger partial charge is 0.488 e. The number of amides is 2. The van der Waals surface area contributed by atoms with E-state index < -0.39 is 0 Å². The van der Waals surface area contributed by atoms with E-state index in [4.69, 9.17) is 16.3 Å². The minimum atomic E-state index is -0.324. The van der Waals surface area contributed by atoms with Gasteiger partial charge in [-0.15, -0.1) is 0 Å². The van der Waals surface area contributed by atoms with Crippen molar-refractivity contribution in [2.75, 3.05) is 4.90 Å². The number of carbonyl (C=O) groups is 2. The molecule has 4 nitrogen and oxygen atoms in total. The number of thioether (sulfide) groups is 1. The van der Waals surface area contributed by atoms with Gasteiger partial charge in [0.1, 0.15) is 12.4 Å². The van der Waals surface area contributed by atoms with E-state index in [9.17, 15) is 9.59 Å². The molecule has 150 valence electrons. The van der Waals surface area contributed by atoms with Crippen LogP contribution in [0, 0.1) is 0 Å². The molecular weight excluding hydrogens is 486 g/mol. The second kappa shape index (κ2) is 9.08. The van der Waals surface area contributed by atoms with E-state index in [0.717, 1.165) is 27.4 Å². The van der Waals surface area contributed by atoms with Crippen LogP contribution in [0.3, 0.4) is 0 Å². The summed E-state index contributed by atoms with van der Waals surface area (Å²) < 4.78 is 6.61. The SMILES string of the molecule is O=C1S/C(=C\c2ccc(OCc3ccc(Cl)cc3)c(Br)c2)C(=O)N1c1ccccc1. The molecule has 0 aliphatic carbocycles. The molecule has 1 saturated heterocycles. The number of anilines is 1. The standard InChI is InChI=1S/C23H15BrClNO3S/c24-19-12-16(8-11-20(19)29-14-15-6-9-17(25)10-7-15)13-21-22(27)26(23(28)30-21)18-4-2-1-3-5-18/h1-13H,14H2/b21-13-. The minimum absolute atomic E-state index is 0.306. The Morgan fingerprint density at radius 2 is 1.73 bits per heavy atom. The zero-order chi connectivity index (χ0) is 21.1. The van der Waals surface area contributed by atoms with Crippen LogP contribution in [-0.4, -0.2) is 11.1 Å². The fraction of sp³-hybridized carbons (Fsp3) is 0.0435. The summed E-state index contributed by atoms with van der Waals surface area (Å²) in [5.41, 5.74) is 2.36. The second-order valence-corrected chi connectivity index (χ2v) is 8.74. The fourth-order valence-corrected chi connectivity index (χ4v) is 4.36. The van der Waals surface area contributed by atoms with Crippen molar-refractivity contribution in [1.29, 1.82) is 0 Å². The van der Waals surface area contributed by atoms with Crippen LogP contribution in [0.5, 0.6) is 5.75 Å². The number of hydrogen-bond acceptors (Lipinski definition) is 4. The topological polar surface area (TPSA) is 46.6 Å². The summed E-state index contributed by atoms with van der Waals surface area (Å²) in [5.74, 6) is 0.356. The molecule has 0 radical (unpaired) electrons. The first-order valence-corrected chi connectivity index (χ1v) is 11.0. The van der Waals surface area contributed by atoms with Crippen LogP contribution >= 0.6 is 39.3 Å². The molecule has 1 aliphatic heterocycles. The van der Waals surface area contributed by atoms with E-state index in [1.807, 2.05) is 48.5 Å². The van der Waals surface area contributed by atoms with Crippen LogP contribution in [0.25, 0.3) is 6.08 Å². The smallest absolute Gasteiger partial charge is 0.298 e. The number of para-hydroxylation sites is 1. The summed E-state index contributed by atoms with van der Waals surface area (Å²) in [6.07, 6.45) is 1.71. The van der Waals surface area contributed by atoms with Crippen molar-refractivity contribution >= 4 is 62.2 Å². The zero-order valence-corrected chi connectivity index (χ0v) is 18.7. The summed E-state index contributed by atoms with van der Waals surface area (Å²) in [6, 6.07) is 21.9.